The van der Waals surface area contributed by atoms with E-state index in [1.165, 1.54) is 25.7 Å². The average Bonchev–Trinajstić information content (AvgIpc) is 2.66. The molecule has 2 rings (SSSR count). The maximum atomic E-state index is 11.8. The van der Waals surface area contributed by atoms with E-state index in [9.17, 15) is 4.79 Å². The Labute approximate surface area is 113 Å². The van der Waals surface area contributed by atoms with Crippen molar-refractivity contribution in [3.8, 4) is 5.75 Å². The summed E-state index contributed by atoms with van der Waals surface area (Å²) in [4.78, 5) is 15.7. The monoisotopic (exact) mass is 263 g/mol. The predicted molar refractivity (Wildman–Crippen MR) is 73.8 cm³/mol. The minimum atomic E-state index is -0.0878. The molecule has 0 saturated heterocycles. The van der Waals surface area contributed by atoms with Crippen molar-refractivity contribution < 1.29 is 9.53 Å². The molecule has 1 aliphatic carbocycles. The van der Waals surface area contributed by atoms with Crippen LogP contribution < -0.4 is 15.8 Å². The van der Waals surface area contributed by atoms with Gasteiger partial charge < -0.3 is 15.8 Å². The van der Waals surface area contributed by atoms with Crippen molar-refractivity contribution in [1.29, 1.82) is 0 Å². The summed E-state index contributed by atoms with van der Waals surface area (Å²) < 4.78 is 5.37. The van der Waals surface area contributed by atoms with Gasteiger partial charge in [0.05, 0.1) is 0 Å². The Morgan fingerprint density at radius 1 is 1.37 bits per heavy atom. The van der Waals surface area contributed by atoms with Gasteiger partial charge in [0.25, 0.3) is 5.91 Å². The maximum Gasteiger partial charge on any atom is 0.258 e. The summed E-state index contributed by atoms with van der Waals surface area (Å²) in [5.41, 5.74) is 5.64. The highest BCUT2D eigenvalue weighted by atomic mass is 16.5. The van der Waals surface area contributed by atoms with Crippen molar-refractivity contribution in [2.24, 2.45) is 0 Å². The van der Waals surface area contributed by atoms with E-state index < -0.39 is 0 Å². The van der Waals surface area contributed by atoms with Crippen molar-refractivity contribution in [3.63, 3.8) is 0 Å². The van der Waals surface area contributed by atoms with E-state index >= 15 is 0 Å². The lowest BCUT2D eigenvalue weighted by Crippen LogP contribution is -2.37. The summed E-state index contributed by atoms with van der Waals surface area (Å²) >= 11 is 0. The molecule has 5 heteroatoms. The molecule has 1 aromatic heterocycles. The first kappa shape index (κ1) is 13.6. The molecule has 1 amide bonds. The normalized spacial score (nSPS) is 16.6. The third-order valence-corrected chi connectivity index (χ3v) is 3.38. The van der Waals surface area contributed by atoms with Crippen molar-refractivity contribution in [1.82, 2.24) is 10.3 Å². The molecular weight excluding hydrogens is 242 g/mol. The molecule has 1 fully saturated rings. The summed E-state index contributed by atoms with van der Waals surface area (Å²) in [5, 5.41) is 3.02. The van der Waals surface area contributed by atoms with Crippen LogP contribution in [0.5, 0.6) is 5.75 Å². The van der Waals surface area contributed by atoms with Gasteiger partial charge >= 0.3 is 0 Å². The first-order valence-electron chi connectivity index (χ1n) is 6.88. The quantitative estimate of drug-likeness (QED) is 0.813. The molecular formula is C14H21N3O2. The lowest BCUT2D eigenvalue weighted by Gasteiger charge is -2.16. The topological polar surface area (TPSA) is 77.2 Å². The van der Waals surface area contributed by atoms with E-state index in [0.29, 0.717) is 17.6 Å². The molecule has 104 valence electrons. The third-order valence-electron chi connectivity index (χ3n) is 3.38. The van der Waals surface area contributed by atoms with E-state index in [0.717, 1.165) is 12.8 Å². The predicted octanol–water partition coefficient (Wildman–Crippen LogP) is 1.88. The first-order valence-corrected chi connectivity index (χ1v) is 6.88. The van der Waals surface area contributed by atoms with Crippen molar-refractivity contribution in [3.05, 3.63) is 18.3 Å². The highest BCUT2D eigenvalue weighted by Crippen LogP contribution is 2.18. The minimum absolute atomic E-state index is 0.00755. The highest BCUT2D eigenvalue weighted by molar-refractivity contribution is 5.78. The number of rotatable bonds is 4. The zero-order valence-electron chi connectivity index (χ0n) is 11.1. The van der Waals surface area contributed by atoms with Crippen LogP contribution >= 0.6 is 0 Å². The summed E-state index contributed by atoms with van der Waals surface area (Å²) in [7, 11) is 0. The smallest absolute Gasteiger partial charge is 0.258 e. The number of amides is 1. The van der Waals surface area contributed by atoms with Crippen LogP contribution in [0.3, 0.4) is 0 Å². The molecule has 19 heavy (non-hydrogen) atoms. The van der Waals surface area contributed by atoms with Gasteiger partial charge in [-0.15, -0.1) is 0 Å². The van der Waals surface area contributed by atoms with Gasteiger partial charge in [-0.25, -0.2) is 4.98 Å². The Hall–Kier alpha value is -1.78. The zero-order valence-corrected chi connectivity index (χ0v) is 11.1. The van der Waals surface area contributed by atoms with Crippen LogP contribution in [0.1, 0.15) is 38.5 Å². The van der Waals surface area contributed by atoms with E-state index in [-0.39, 0.29) is 12.5 Å². The molecule has 0 aliphatic heterocycles. The molecule has 5 nitrogen and oxygen atoms in total. The van der Waals surface area contributed by atoms with Gasteiger partial charge in [-0.3, -0.25) is 4.79 Å². The number of hydrogen-bond acceptors (Lipinski definition) is 4. The van der Waals surface area contributed by atoms with E-state index in [2.05, 4.69) is 10.3 Å². The molecule has 1 heterocycles. The highest BCUT2D eigenvalue weighted by Gasteiger charge is 2.15. The number of nitrogens with one attached hydrogen (secondary N) is 1. The fraction of sp³-hybridized carbons (Fsp3) is 0.571. The molecule has 0 atom stereocenters. The molecule has 1 aromatic rings. The van der Waals surface area contributed by atoms with Gasteiger partial charge in [0.15, 0.2) is 18.2 Å². The number of nitrogens with two attached hydrogens (primary N) is 1. The number of ether oxygens (including phenoxy) is 1. The number of hydrogen-bond donors (Lipinski definition) is 2. The van der Waals surface area contributed by atoms with E-state index in [1.807, 2.05) is 0 Å². The molecule has 1 saturated carbocycles. The van der Waals surface area contributed by atoms with Crippen molar-refractivity contribution in [2.45, 2.75) is 44.6 Å². The fourth-order valence-corrected chi connectivity index (χ4v) is 2.36. The second-order valence-corrected chi connectivity index (χ2v) is 4.93. The molecule has 3 N–H and O–H groups in total. The van der Waals surface area contributed by atoms with Crippen LogP contribution in [0.4, 0.5) is 5.82 Å². The third kappa shape index (κ3) is 4.43. The molecule has 0 unspecified atom stereocenters. The van der Waals surface area contributed by atoms with Gasteiger partial charge in [-0.2, -0.15) is 0 Å². The molecule has 1 aliphatic rings. The van der Waals surface area contributed by atoms with Gasteiger partial charge in [-0.05, 0) is 25.0 Å². The lowest BCUT2D eigenvalue weighted by molar-refractivity contribution is -0.123. The molecule has 0 aromatic carbocycles. The van der Waals surface area contributed by atoms with Gasteiger partial charge in [0.2, 0.25) is 0 Å². The van der Waals surface area contributed by atoms with Gasteiger partial charge in [0, 0.05) is 12.2 Å². The first-order chi connectivity index (χ1) is 9.25. The van der Waals surface area contributed by atoms with Crippen LogP contribution in [0.2, 0.25) is 0 Å². The van der Waals surface area contributed by atoms with Crippen LogP contribution in [-0.4, -0.2) is 23.5 Å². The Bertz CT molecular complexity index is 415. The number of nitrogen functional groups attached to an aromatic ring is 1. The van der Waals surface area contributed by atoms with E-state index in [4.69, 9.17) is 10.5 Å². The summed E-state index contributed by atoms with van der Waals surface area (Å²) in [6.07, 6.45) is 8.67. The summed E-state index contributed by atoms with van der Waals surface area (Å²) in [5.74, 6) is 0.679. The second kappa shape index (κ2) is 6.97. The van der Waals surface area contributed by atoms with Crippen LogP contribution in [0.25, 0.3) is 0 Å². The lowest BCUT2D eigenvalue weighted by atomic mass is 10.1. The maximum absolute atomic E-state index is 11.8. The number of pyridine rings is 1. The number of aromatic nitrogens is 1. The SMILES string of the molecule is Nc1ncccc1OCC(=O)NC1CCCCCC1. The Balaban J connectivity index is 1.76. The minimum Gasteiger partial charge on any atom is -0.480 e. The Morgan fingerprint density at radius 2 is 2.11 bits per heavy atom. The van der Waals surface area contributed by atoms with E-state index in [1.54, 1.807) is 18.3 Å². The van der Waals surface area contributed by atoms with Gasteiger partial charge in [-0.1, -0.05) is 25.7 Å². The summed E-state index contributed by atoms with van der Waals surface area (Å²) in [6, 6.07) is 3.74. The van der Waals surface area contributed by atoms with Crippen LogP contribution in [-0.2, 0) is 4.79 Å². The molecule has 0 radical (unpaired) electrons. The number of nitrogens with zero attached hydrogens (tertiary/aromatic N) is 1. The van der Waals surface area contributed by atoms with Crippen molar-refractivity contribution in [2.75, 3.05) is 12.3 Å². The fourth-order valence-electron chi connectivity index (χ4n) is 2.36. The molecule has 0 bridgehead atoms. The van der Waals surface area contributed by atoms with Crippen LogP contribution in [0, 0.1) is 0 Å². The number of carbonyl (C=O) groups excluding carboxylic acids is 1. The second-order valence-electron chi connectivity index (χ2n) is 4.93. The Kier molecular flexibility index (Phi) is 5.01. The number of anilines is 1. The average molecular weight is 263 g/mol. The molecule has 0 spiro atoms. The standard InChI is InChI=1S/C14H21N3O2/c15-14-12(8-5-9-16-14)19-10-13(18)17-11-6-3-1-2-4-7-11/h5,8-9,11H,1-4,6-7,10H2,(H2,15,16)(H,17,18). The number of carbonyl (C=O) groups is 1. The summed E-state index contributed by atoms with van der Waals surface area (Å²) in [6.45, 7) is -0.00755. The Morgan fingerprint density at radius 3 is 2.79 bits per heavy atom. The van der Waals surface area contributed by atoms with Gasteiger partial charge in [0.1, 0.15) is 0 Å². The van der Waals surface area contributed by atoms with Crippen LogP contribution in [0.15, 0.2) is 18.3 Å². The zero-order chi connectivity index (χ0) is 13.5. The van der Waals surface area contributed by atoms with Crippen molar-refractivity contribution >= 4 is 11.7 Å². The largest absolute Gasteiger partial charge is 0.480 e.